The van der Waals surface area contributed by atoms with Gasteiger partial charge in [-0.1, -0.05) is 49.6 Å². The molecule has 2 fully saturated rings. The Bertz CT molecular complexity index is 598. The fraction of sp³-hybridized carbons (Fsp3) is 0.524. The van der Waals surface area contributed by atoms with E-state index in [0.717, 1.165) is 31.2 Å². The van der Waals surface area contributed by atoms with Gasteiger partial charge >= 0.3 is 0 Å². The molecule has 0 bridgehead atoms. The highest BCUT2D eigenvalue weighted by molar-refractivity contribution is 5.91. The summed E-state index contributed by atoms with van der Waals surface area (Å²) in [7, 11) is 0. The third-order valence-electron chi connectivity index (χ3n) is 5.35. The van der Waals surface area contributed by atoms with E-state index < -0.39 is 0 Å². The highest BCUT2D eigenvalue weighted by Gasteiger charge is 2.26. The fourth-order valence-electron chi connectivity index (χ4n) is 3.77. The average Bonchev–Trinajstić information content (AvgIpc) is 2.68. The molecule has 0 unspecified atom stereocenters. The number of benzene rings is 1. The number of amides is 2. The molecule has 0 radical (unpaired) electrons. The summed E-state index contributed by atoms with van der Waals surface area (Å²) in [4.78, 5) is 26.5. The maximum absolute atomic E-state index is 12.3. The molecule has 4 heteroatoms. The van der Waals surface area contributed by atoms with Gasteiger partial charge in [0.2, 0.25) is 11.8 Å². The van der Waals surface area contributed by atoms with Gasteiger partial charge in [0, 0.05) is 31.1 Å². The van der Waals surface area contributed by atoms with E-state index in [1.807, 2.05) is 41.3 Å². The first kappa shape index (κ1) is 17.7. The Morgan fingerprint density at radius 1 is 0.960 bits per heavy atom. The summed E-state index contributed by atoms with van der Waals surface area (Å²) in [6, 6.07) is 10.1. The smallest absolute Gasteiger partial charge is 0.246 e. The molecule has 1 saturated carbocycles. The van der Waals surface area contributed by atoms with Crippen LogP contribution in [0.3, 0.4) is 0 Å². The quantitative estimate of drug-likeness (QED) is 0.854. The number of piperidine rings is 1. The first-order valence-electron chi connectivity index (χ1n) is 9.55. The van der Waals surface area contributed by atoms with Crippen molar-refractivity contribution in [3.63, 3.8) is 0 Å². The molecule has 2 aliphatic rings. The summed E-state index contributed by atoms with van der Waals surface area (Å²) >= 11 is 0. The van der Waals surface area contributed by atoms with Crippen LogP contribution in [-0.2, 0) is 9.59 Å². The number of hydrogen-bond donors (Lipinski definition) is 1. The highest BCUT2D eigenvalue weighted by Crippen LogP contribution is 2.24. The van der Waals surface area contributed by atoms with Gasteiger partial charge in [-0.2, -0.15) is 0 Å². The van der Waals surface area contributed by atoms with E-state index in [2.05, 4.69) is 5.32 Å². The second kappa shape index (κ2) is 8.84. The van der Waals surface area contributed by atoms with E-state index in [4.69, 9.17) is 0 Å². The fourth-order valence-corrected chi connectivity index (χ4v) is 3.77. The van der Waals surface area contributed by atoms with Gasteiger partial charge in [0.1, 0.15) is 0 Å². The van der Waals surface area contributed by atoms with E-state index in [0.29, 0.717) is 13.1 Å². The standard InChI is InChI=1S/C21H28N2O2/c24-20(12-11-17-7-3-1-4-8-17)23-15-13-19(14-16-23)22-21(25)18-9-5-2-6-10-18/h1,3-4,7-8,11-12,18-19H,2,5-6,9-10,13-16H2,(H,22,25)/b12-11-. The lowest BCUT2D eigenvalue weighted by Crippen LogP contribution is -2.47. The largest absolute Gasteiger partial charge is 0.353 e. The summed E-state index contributed by atoms with van der Waals surface area (Å²) in [5, 5.41) is 3.21. The molecule has 1 aromatic carbocycles. The van der Waals surface area contributed by atoms with E-state index in [-0.39, 0.29) is 23.8 Å². The Morgan fingerprint density at radius 2 is 1.64 bits per heavy atom. The van der Waals surface area contributed by atoms with Crippen molar-refractivity contribution in [1.29, 1.82) is 0 Å². The lowest BCUT2D eigenvalue weighted by atomic mass is 9.88. The minimum atomic E-state index is 0.0564. The lowest BCUT2D eigenvalue weighted by molar-refractivity contribution is -0.128. The third-order valence-corrected chi connectivity index (χ3v) is 5.35. The van der Waals surface area contributed by atoms with Crippen LogP contribution in [0.15, 0.2) is 36.4 Å². The van der Waals surface area contributed by atoms with Gasteiger partial charge in [0.05, 0.1) is 0 Å². The third kappa shape index (κ3) is 5.18. The zero-order valence-corrected chi connectivity index (χ0v) is 14.8. The maximum Gasteiger partial charge on any atom is 0.246 e. The van der Waals surface area contributed by atoms with Crippen molar-refractivity contribution in [2.75, 3.05) is 13.1 Å². The first-order valence-corrected chi connectivity index (χ1v) is 9.55. The molecular weight excluding hydrogens is 312 g/mol. The van der Waals surface area contributed by atoms with Crippen molar-refractivity contribution in [3.05, 3.63) is 42.0 Å². The molecule has 134 valence electrons. The molecule has 0 atom stereocenters. The molecule has 2 amide bonds. The molecule has 1 N–H and O–H groups in total. The summed E-state index contributed by atoms with van der Waals surface area (Å²) in [5.41, 5.74) is 1.03. The zero-order chi connectivity index (χ0) is 17.5. The molecular formula is C21H28N2O2. The Balaban J connectivity index is 1.42. The van der Waals surface area contributed by atoms with Gasteiger partial charge in [-0.15, -0.1) is 0 Å². The van der Waals surface area contributed by atoms with E-state index in [1.165, 1.54) is 19.3 Å². The van der Waals surface area contributed by atoms with Gasteiger partial charge in [0.15, 0.2) is 0 Å². The van der Waals surface area contributed by atoms with Crippen LogP contribution < -0.4 is 5.32 Å². The molecule has 1 heterocycles. The number of likely N-dealkylation sites (tertiary alicyclic amines) is 1. The molecule has 3 rings (SSSR count). The van der Waals surface area contributed by atoms with Gasteiger partial charge in [0.25, 0.3) is 0 Å². The Kier molecular flexibility index (Phi) is 6.26. The topological polar surface area (TPSA) is 49.4 Å². The van der Waals surface area contributed by atoms with Gasteiger partial charge in [-0.3, -0.25) is 9.59 Å². The maximum atomic E-state index is 12.3. The van der Waals surface area contributed by atoms with E-state index >= 15 is 0 Å². The summed E-state index contributed by atoms with van der Waals surface area (Å²) in [6.45, 7) is 1.43. The summed E-state index contributed by atoms with van der Waals surface area (Å²) in [6.07, 6.45) is 10.9. The van der Waals surface area contributed by atoms with Crippen LogP contribution in [0, 0.1) is 5.92 Å². The van der Waals surface area contributed by atoms with E-state index in [9.17, 15) is 9.59 Å². The van der Waals surface area contributed by atoms with Gasteiger partial charge in [-0.05, 0) is 37.3 Å². The number of hydrogen-bond acceptors (Lipinski definition) is 2. The molecule has 0 spiro atoms. The molecule has 1 saturated heterocycles. The van der Waals surface area contributed by atoms with Gasteiger partial charge < -0.3 is 10.2 Å². The number of rotatable bonds is 4. The molecule has 1 aliphatic heterocycles. The minimum Gasteiger partial charge on any atom is -0.353 e. The second-order valence-corrected chi connectivity index (χ2v) is 7.19. The van der Waals surface area contributed by atoms with Crippen LogP contribution in [0.1, 0.15) is 50.5 Å². The van der Waals surface area contributed by atoms with Crippen LogP contribution >= 0.6 is 0 Å². The van der Waals surface area contributed by atoms with Crippen molar-refractivity contribution >= 4 is 17.9 Å². The van der Waals surface area contributed by atoms with Crippen molar-refractivity contribution in [2.24, 2.45) is 5.92 Å². The average molecular weight is 340 g/mol. The Morgan fingerprint density at radius 3 is 2.32 bits per heavy atom. The number of carbonyl (C=O) groups is 2. The predicted molar refractivity (Wildman–Crippen MR) is 99.8 cm³/mol. The molecule has 4 nitrogen and oxygen atoms in total. The molecule has 1 aromatic rings. The van der Waals surface area contributed by atoms with Crippen molar-refractivity contribution in [2.45, 2.75) is 51.0 Å². The number of nitrogens with one attached hydrogen (secondary N) is 1. The number of nitrogens with zero attached hydrogens (tertiary/aromatic N) is 1. The van der Waals surface area contributed by atoms with Crippen molar-refractivity contribution in [1.82, 2.24) is 10.2 Å². The van der Waals surface area contributed by atoms with Crippen LogP contribution in [0.25, 0.3) is 6.08 Å². The van der Waals surface area contributed by atoms with Gasteiger partial charge in [-0.25, -0.2) is 0 Å². The molecule has 0 aromatic heterocycles. The minimum absolute atomic E-state index is 0.0564. The first-order chi connectivity index (χ1) is 12.2. The van der Waals surface area contributed by atoms with Crippen LogP contribution in [0.2, 0.25) is 0 Å². The Labute approximate surface area is 150 Å². The predicted octanol–water partition coefficient (Wildman–Crippen LogP) is 3.39. The lowest BCUT2D eigenvalue weighted by Gasteiger charge is -2.33. The van der Waals surface area contributed by atoms with Crippen LogP contribution in [-0.4, -0.2) is 35.8 Å². The molecule has 25 heavy (non-hydrogen) atoms. The molecule has 1 aliphatic carbocycles. The van der Waals surface area contributed by atoms with Crippen molar-refractivity contribution < 1.29 is 9.59 Å². The zero-order valence-electron chi connectivity index (χ0n) is 14.8. The van der Waals surface area contributed by atoms with Crippen molar-refractivity contribution in [3.8, 4) is 0 Å². The summed E-state index contributed by atoms with van der Waals surface area (Å²) in [5.74, 6) is 0.497. The van der Waals surface area contributed by atoms with Crippen LogP contribution in [0.4, 0.5) is 0 Å². The summed E-state index contributed by atoms with van der Waals surface area (Å²) < 4.78 is 0. The Hall–Kier alpha value is -2.10. The van der Waals surface area contributed by atoms with E-state index in [1.54, 1.807) is 6.08 Å². The monoisotopic (exact) mass is 340 g/mol. The normalized spacial score (nSPS) is 19.9. The number of carbonyl (C=O) groups excluding carboxylic acids is 2. The van der Waals surface area contributed by atoms with Crippen LogP contribution in [0.5, 0.6) is 0 Å². The SMILES string of the molecule is O=C(NC1CCN(C(=O)/C=C\c2ccccc2)CC1)C1CCCCC1. The second-order valence-electron chi connectivity index (χ2n) is 7.19. The highest BCUT2D eigenvalue weighted by atomic mass is 16.2.